The van der Waals surface area contributed by atoms with Crippen LogP contribution >= 0.6 is 0 Å². The molecule has 0 unspecified atom stereocenters. The highest BCUT2D eigenvalue weighted by atomic mass is 16.1. The molecule has 0 spiro atoms. The first kappa shape index (κ1) is 11.7. The normalized spacial score (nSPS) is 26.8. The van der Waals surface area contributed by atoms with Crippen molar-refractivity contribution >= 4 is 5.91 Å². The van der Waals surface area contributed by atoms with Crippen LogP contribution in [0.15, 0.2) is 18.2 Å². The zero-order valence-electron chi connectivity index (χ0n) is 10.6. The molecule has 2 atom stereocenters. The molecule has 1 saturated carbocycles. The Bertz CT molecular complexity index is 470. The number of nitrogens with two attached hydrogens (primary N) is 1. The number of carbonyl (C=O) groups excluding carboxylic acids is 1. The maximum atomic E-state index is 11.5. The van der Waals surface area contributed by atoms with Crippen molar-refractivity contribution < 1.29 is 4.79 Å². The molecular formula is C15H20N2O. The minimum atomic E-state index is 0.0610. The number of benzene rings is 1. The zero-order chi connectivity index (χ0) is 12.5. The summed E-state index contributed by atoms with van der Waals surface area (Å²) in [5.74, 6) is 0.674. The van der Waals surface area contributed by atoms with Gasteiger partial charge in [0, 0.05) is 18.2 Å². The summed E-state index contributed by atoms with van der Waals surface area (Å²) in [5, 5.41) is 2.86. The summed E-state index contributed by atoms with van der Waals surface area (Å²) in [4.78, 5) is 11.5. The summed E-state index contributed by atoms with van der Waals surface area (Å²) in [6.07, 6.45) is 6.05. The van der Waals surface area contributed by atoms with Crippen LogP contribution in [-0.4, -0.2) is 11.9 Å². The molecule has 1 aromatic carbocycles. The number of hydrogen-bond donors (Lipinski definition) is 2. The van der Waals surface area contributed by atoms with Crippen molar-refractivity contribution in [2.75, 3.05) is 0 Å². The Balaban J connectivity index is 1.75. The van der Waals surface area contributed by atoms with Gasteiger partial charge >= 0.3 is 0 Å². The smallest absolute Gasteiger partial charge is 0.251 e. The molecule has 96 valence electrons. The van der Waals surface area contributed by atoms with E-state index in [0.29, 0.717) is 18.5 Å². The van der Waals surface area contributed by atoms with E-state index in [0.717, 1.165) is 24.0 Å². The summed E-state index contributed by atoms with van der Waals surface area (Å²) >= 11 is 0. The average Bonchev–Trinajstić information content (AvgIpc) is 2.74. The Hall–Kier alpha value is -1.35. The standard InChI is InChI=1S/C15H20N2O/c16-14-4-2-1-3-11(14)7-10-5-6-13-12(8-10)9-17-15(13)18/h5-6,8,11,14H,1-4,7,9,16H2,(H,17,18)/t11-,14+/m1/s1. The Morgan fingerprint density at radius 1 is 1.28 bits per heavy atom. The number of nitrogens with one attached hydrogen (secondary N) is 1. The summed E-state index contributed by atoms with van der Waals surface area (Å²) < 4.78 is 0. The number of amides is 1. The third-order valence-electron chi connectivity index (χ3n) is 4.32. The van der Waals surface area contributed by atoms with Crippen molar-refractivity contribution in [2.45, 2.75) is 44.7 Å². The third-order valence-corrected chi connectivity index (χ3v) is 4.32. The fraction of sp³-hybridized carbons (Fsp3) is 0.533. The van der Waals surface area contributed by atoms with Gasteiger partial charge in [-0.05, 0) is 42.4 Å². The van der Waals surface area contributed by atoms with Crippen LogP contribution in [-0.2, 0) is 13.0 Å². The summed E-state index contributed by atoms with van der Waals surface area (Å²) in [6.45, 7) is 0.679. The zero-order valence-corrected chi connectivity index (χ0v) is 10.6. The first-order valence-electron chi connectivity index (χ1n) is 6.89. The summed E-state index contributed by atoms with van der Waals surface area (Å²) in [7, 11) is 0. The van der Waals surface area contributed by atoms with Gasteiger partial charge in [-0.25, -0.2) is 0 Å². The van der Waals surface area contributed by atoms with Gasteiger partial charge in [0.1, 0.15) is 0 Å². The molecule has 1 aliphatic carbocycles. The number of hydrogen-bond acceptors (Lipinski definition) is 2. The number of carbonyl (C=O) groups is 1. The van der Waals surface area contributed by atoms with Crippen molar-refractivity contribution in [1.29, 1.82) is 0 Å². The molecule has 1 fully saturated rings. The highest BCUT2D eigenvalue weighted by Crippen LogP contribution is 2.27. The molecule has 0 bridgehead atoms. The first-order valence-corrected chi connectivity index (χ1v) is 6.89. The van der Waals surface area contributed by atoms with Gasteiger partial charge in [0.15, 0.2) is 0 Å². The van der Waals surface area contributed by atoms with Crippen LogP contribution in [0.25, 0.3) is 0 Å². The Morgan fingerprint density at radius 3 is 2.94 bits per heavy atom. The van der Waals surface area contributed by atoms with Crippen LogP contribution in [0.5, 0.6) is 0 Å². The molecule has 3 rings (SSSR count). The van der Waals surface area contributed by atoms with E-state index in [9.17, 15) is 4.79 Å². The molecule has 2 aliphatic rings. The lowest BCUT2D eigenvalue weighted by Crippen LogP contribution is -2.34. The summed E-state index contributed by atoms with van der Waals surface area (Å²) in [6, 6.07) is 6.58. The molecule has 18 heavy (non-hydrogen) atoms. The van der Waals surface area contributed by atoms with Gasteiger partial charge in [-0.1, -0.05) is 25.0 Å². The highest BCUT2D eigenvalue weighted by molar-refractivity contribution is 5.98. The van der Waals surface area contributed by atoms with Crippen molar-refractivity contribution in [2.24, 2.45) is 11.7 Å². The minimum Gasteiger partial charge on any atom is -0.348 e. The second-order valence-electron chi connectivity index (χ2n) is 5.59. The van der Waals surface area contributed by atoms with Gasteiger partial charge in [-0.15, -0.1) is 0 Å². The largest absolute Gasteiger partial charge is 0.348 e. The molecule has 3 heteroatoms. The lowest BCUT2D eigenvalue weighted by molar-refractivity contribution is 0.0966. The van der Waals surface area contributed by atoms with Crippen LogP contribution in [0.3, 0.4) is 0 Å². The van der Waals surface area contributed by atoms with E-state index in [1.807, 2.05) is 6.07 Å². The van der Waals surface area contributed by atoms with Crippen LogP contribution in [0.2, 0.25) is 0 Å². The van der Waals surface area contributed by atoms with Gasteiger partial charge in [-0.3, -0.25) is 4.79 Å². The van der Waals surface area contributed by atoms with E-state index in [1.54, 1.807) is 0 Å². The fourth-order valence-electron chi connectivity index (χ4n) is 3.21. The lowest BCUT2D eigenvalue weighted by atomic mass is 9.81. The van der Waals surface area contributed by atoms with E-state index < -0.39 is 0 Å². The van der Waals surface area contributed by atoms with Gasteiger partial charge in [0.2, 0.25) is 0 Å². The number of rotatable bonds is 2. The molecule has 1 aliphatic heterocycles. The Labute approximate surface area is 108 Å². The Morgan fingerprint density at radius 2 is 2.11 bits per heavy atom. The topological polar surface area (TPSA) is 55.1 Å². The van der Waals surface area contributed by atoms with Crippen LogP contribution in [0.1, 0.15) is 47.2 Å². The average molecular weight is 244 g/mol. The van der Waals surface area contributed by atoms with E-state index in [1.165, 1.54) is 24.8 Å². The van der Waals surface area contributed by atoms with Crippen molar-refractivity contribution in [1.82, 2.24) is 5.32 Å². The molecule has 0 saturated heterocycles. The van der Waals surface area contributed by atoms with Crippen molar-refractivity contribution in [3.8, 4) is 0 Å². The first-order chi connectivity index (χ1) is 8.74. The quantitative estimate of drug-likeness (QED) is 0.836. The van der Waals surface area contributed by atoms with Gasteiger partial charge < -0.3 is 11.1 Å². The minimum absolute atomic E-state index is 0.0610. The second kappa shape index (κ2) is 4.73. The fourth-order valence-corrected chi connectivity index (χ4v) is 3.21. The van der Waals surface area contributed by atoms with Crippen molar-refractivity contribution in [3.63, 3.8) is 0 Å². The molecule has 0 aromatic heterocycles. The van der Waals surface area contributed by atoms with Crippen LogP contribution in [0.4, 0.5) is 0 Å². The monoisotopic (exact) mass is 244 g/mol. The molecular weight excluding hydrogens is 224 g/mol. The molecule has 3 nitrogen and oxygen atoms in total. The molecule has 3 N–H and O–H groups in total. The molecule has 1 aromatic rings. The maximum absolute atomic E-state index is 11.5. The predicted molar refractivity (Wildman–Crippen MR) is 71.2 cm³/mol. The summed E-state index contributed by atoms with van der Waals surface area (Å²) in [5.41, 5.74) is 9.50. The lowest BCUT2D eigenvalue weighted by Gasteiger charge is -2.28. The second-order valence-corrected chi connectivity index (χ2v) is 5.59. The highest BCUT2D eigenvalue weighted by Gasteiger charge is 2.23. The van der Waals surface area contributed by atoms with Gasteiger partial charge in [-0.2, -0.15) is 0 Å². The van der Waals surface area contributed by atoms with E-state index in [4.69, 9.17) is 5.73 Å². The van der Waals surface area contributed by atoms with E-state index in [-0.39, 0.29) is 5.91 Å². The van der Waals surface area contributed by atoms with E-state index >= 15 is 0 Å². The Kier molecular flexibility index (Phi) is 3.08. The van der Waals surface area contributed by atoms with Crippen molar-refractivity contribution in [3.05, 3.63) is 34.9 Å². The predicted octanol–water partition coefficient (Wildman–Crippen LogP) is 1.99. The van der Waals surface area contributed by atoms with Crippen LogP contribution in [0, 0.1) is 5.92 Å². The van der Waals surface area contributed by atoms with Gasteiger partial charge in [0.05, 0.1) is 0 Å². The molecule has 0 radical (unpaired) electrons. The van der Waals surface area contributed by atoms with E-state index in [2.05, 4.69) is 17.4 Å². The SMILES string of the molecule is N[C@H]1CCCC[C@@H]1Cc1ccc2c(c1)CNC2=O. The molecule has 1 amide bonds. The maximum Gasteiger partial charge on any atom is 0.251 e. The number of fused-ring (bicyclic) bond motifs is 1. The van der Waals surface area contributed by atoms with Gasteiger partial charge in [0.25, 0.3) is 5.91 Å². The van der Waals surface area contributed by atoms with Crippen LogP contribution < -0.4 is 11.1 Å². The third kappa shape index (κ3) is 2.15. The molecule has 1 heterocycles.